The van der Waals surface area contributed by atoms with Crippen molar-refractivity contribution in [1.29, 1.82) is 0 Å². The molecule has 1 unspecified atom stereocenters. The number of nitrogen functional groups attached to an aromatic ring is 1. The molecule has 0 bridgehead atoms. The van der Waals surface area contributed by atoms with Gasteiger partial charge in [0, 0.05) is 5.69 Å². The number of thiophene rings is 1. The van der Waals surface area contributed by atoms with Gasteiger partial charge in [0.25, 0.3) is 5.91 Å². The number of esters is 1. The van der Waals surface area contributed by atoms with Crippen LogP contribution in [0.2, 0.25) is 0 Å². The number of nitrogens with two attached hydrogens (primary N) is 1. The largest absolute Gasteiger partial charge is 0.448 e. The predicted octanol–water partition coefficient (Wildman–Crippen LogP) is 2.44. The van der Waals surface area contributed by atoms with Gasteiger partial charge in [-0.3, -0.25) is 4.79 Å². The predicted molar refractivity (Wildman–Crippen MR) is 81.3 cm³/mol. The molecule has 0 spiro atoms. The molecule has 108 valence electrons. The van der Waals surface area contributed by atoms with E-state index >= 15 is 0 Å². The van der Waals surface area contributed by atoms with Crippen molar-refractivity contribution in [3.63, 3.8) is 0 Å². The lowest BCUT2D eigenvalue weighted by molar-refractivity contribution is -0.124. The number of carbonyl (C=O) groups excluding carboxylic acids is 2. The Labute approximate surface area is 125 Å². The van der Waals surface area contributed by atoms with Gasteiger partial charge < -0.3 is 15.8 Å². The van der Waals surface area contributed by atoms with Crippen LogP contribution < -0.4 is 11.1 Å². The first-order valence-electron chi connectivity index (χ1n) is 6.58. The Hall–Kier alpha value is -2.34. The minimum absolute atomic E-state index is 0.302. The lowest BCUT2D eigenvalue weighted by Crippen LogP contribution is -2.31. The fourth-order valence-electron chi connectivity index (χ4n) is 2.27. The van der Waals surface area contributed by atoms with Crippen molar-refractivity contribution in [3.05, 3.63) is 46.2 Å². The van der Waals surface area contributed by atoms with Crippen molar-refractivity contribution in [2.24, 2.45) is 0 Å². The Bertz CT molecular complexity index is 696. The van der Waals surface area contributed by atoms with E-state index in [-0.39, 0.29) is 5.91 Å². The third kappa shape index (κ3) is 2.75. The van der Waals surface area contributed by atoms with Crippen LogP contribution in [-0.4, -0.2) is 18.0 Å². The first-order chi connectivity index (χ1) is 10.1. The van der Waals surface area contributed by atoms with E-state index in [0.29, 0.717) is 23.4 Å². The average Bonchev–Trinajstić information content (AvgIpc) is 2.83. The van der Waals surface area contributed by atoms with Crippen LogP contribution in [0.1, 0.15) is 21.7 Å². The minimum Gasteiger partial charge on any atom is -0.448 e. The third-order valence-corrected chi connectivity index (χ3v) is 4.28. The highest BCUT2D eigenvalue weighted by Gasteiger charge is 2.28. The molecule has 1 aromatic heterocycles. The molecule has 21 heavy (non-hydrogen) atoms. The highest BCUT2D eigenvalue weighted by atomic mass is 32.1. The van der Waals surface area contributed by atoms with Crippen LogP contribution in [0.15, 0.2) is 35.7 Å². The number of para-hydroxylation sites is 1. The SMILES string of the molecule is Nc1ccsc1C(=O)OC1CCc2ccccc2NC1=O. The van der Waals surface area contributed by atoms with E-state index < -0.39 is 12.1 Å². The monoisotopic (exact) mass is 302 g/mol. The maximum atomic E-state index is 12.2. The number of nitrogens with one attached hydrogen (secondary N) is 1. The summed E-state index contributed by atoms with van der Waals surface area (Å²) in [5.74, 6) is -0.850. The summed E-state index contributed by atoms with van der Waals surface area (Å²) in [5, 5.41) is 4.51. The van der Waals surface area contributed by atoms with Gasteiger partial charge in [0.1, 0.15) is 4.88 Å². The molecular formula is C15H14N2O3S. The van der Waals surface area contributed by atoms with Gasteiger partial charge in [-0.1, -0.05) is 18.2 Å². The molecule has 3 N–H and O–H groups in total. The Morgan fingerprint density at radius 1 is 1.33 bits per heavy atom. The van der Waals surface area contributed by atoms with Crippen molar-refractivity contribution >= 4 is 34.6 Å². The maximum absolute atomic E-state index is 12.2. The summed E-state index contributed by atoms with van der Waals surface area (Å²) in [6, 6.07) is 9.22. The smallest absolute Gasteiger partial charge is 0.351 e. The van der Waals surface area contributed by atoms with Gasteiger partial charge in [-0.25, -0.2) is 4.79 Å². The zero-order valence-corrected chi connectivity index (χ0v) is 12.0. The highest BCUT2D eigenvalue weighted by molar-refractivity contribution is 7.12. The van der Waals surface area contributed by atoms with Gasteiger partial charge in [-0.2, -0.15) is 0 Å². The summed E-state index contributed by atoms with van der Waals surface area (Å²) in [5.41, 5.74) is 7.88. The number of hydrogen-bond acceptors (Lipinski definition) is 5. The van der Waals surface area contributed by atoms with E-state index in [9.17, 15) is 9.59 Å². The van der Waals surface area contributed by atoms with E-state index in [1.54, 1.807) is 11.4 Å². The zero-order valence-electron chi connectivity index (χ0n) is 11.2. The average molecular weight is 302 g/mol. The molecule has 1 amide bonds. The quantitative estimate of drug-likeness (QED) is 0.835. The Kier molecular flexibility index (Phi) is 3.62. The maximum Gasteiger partial charge on any atom is 0.351 e. The van der Waals surface area contributed by atoms with E-state index in [2.05, 4.69) is 5.32 Å². The summed E-state index contributed by atoms with van der Waals surface area (Å²) in [4.78, 5) is 24.5. The van der Waals surface area contributed by atoms with Gasteiger partial charge in [0.15, 0.2) is 6.10 Å². The summed E-state index contributed by atoms with van der Waals surface area (Å²) >= 11 is 1.21. The number of aryl methyl sites for hydroxylation is 1. The second kappa shape index (κ2) is 5.57. The molecule has 3 rings (SSSR count). The van der Waals surface area contributed by atoms with Crippen molar-refractivity contribution in [2.45, 2.75) is 18.9 Å². The van der Waals surface area contributed by atoms with Gasteiger partial charge in [0.05, 0.1) is 5.69 Å². The lowest BCUT2D eigenvalue weighted by atomic mass is 10.1. The number of benzene rings is 1. The molecule has 0 saturated heterocycles. The van der Waals surface area contributed by atoms with E-state index in [1.165, 1.54) is 11.3 Å². The topological polar surface area (TPSA) is 81.4 Å². The van der Waals surface area contributed by atoms with Gasteiger partial charge >= 0.3 is 5.97 Å². The van der Waals surface area contributed by atoms with Crippen molar-refractivity contribution in [1.82, 2.24) is 0 Å². The zero-order chi connectivity index (χ0) is 14.8. The van der Waals surface area contributed by atoms with E-state index in [1.807, 2.05) is 24.3 Å². The van der Waals surface area contributed by atoms with E-state index in [0.717, 1.165) is 11.3 Å². The van der Waals surface area contributed by atoms with Crippen LogP contribution >= 0.6 is 11.3 Å². The van der Waals surface area contributed by atoms with Crippen molar-refractivity contribution < 1.29 is 14.3 Å². The Morgan fingerprint density at radius 2 is 2.14 bits per heavy atom. The normalized spacial score (nSPS) is 17.5. The van der Waals surface area contributed by atoms with Crippen molar-refractivity contribution in [3.8, 4) is 0 Å². The number of anilines is 2. The Morgan fingerprint density at radius 3 is 2.90 bits per heavy atom. The molecule has 6 heteroatoms. The van der Waals surface area contributed by atoms with E-state index in [4.69, 9.17) is 10.5 Å². The first kappa shape index (κ1) is 13.6. The summed E-state index contributed by atoms with van der Waals surface area (Å²) in [6.45, 7) is 0. The fourth-order valence-corrected chi connectivity index (χ4v) is 2.97. The second-order valence-electron chi connectivity index (χ2n) is 4.78. The summed E-state index contributed by atoms with van der Waals surface area (Å²) in [7, 11) is 0. The molecule has 0 saturated carbocycles. The molecule has 1 aromatic carbocycles. The molecule has 1 aliphatic heterocycles. The summed E-state index contributed by atoms with van der Waals surface area (Å²) < 4.78 is 5.32. The van der Waals surface area contributed by atoms with Crippen LogP contribution in [0, 0.1) is 0 Å². The third-order valence-electron chi connectivity index (χ3n) is 3.37. The lowest BCUT2D eigenvalue weighted by Gasteiger charge is -2.14. The summed E-state index contributed by atoms with van der Waals surface area (Å²) in [6.07, 6.45) is 0.332. The number of ether oxygens (including phenoxy) is 1. The molecular weight excluding hydrogens is 288 g/mol. The molecule has 0 radical (unpaired) electrons. The molecule has 2 heterocycles. The minimum atomic E-state index is -0.800. The fraction of sp³-hybridized carbons (Fsp3) is 0.200. The molecule has 0 aliphatic carbocycles. The van der Waals surface area contributed by atoms with Crippen LogP contribution in [0.25, 0.3) is 0 Å². The molecule has 0 fully saturated rings. The first-order valence-corrected chi connectivity index (χ1v) is 7.46. The highest BCUT2D eigenvalue weighted by Crippen LogP contribution is 2.25. The molecule has 1 atom stereocenters. The molecule has 2 aromatic rings. The number of hydrogen-bond donors (Lipinski definition) is 2. The number of carbonyl (C=O) groups is 2. The standard InChI is InChI=1S/C15H14N2O3S/c16-10-7-8-21-13(10)15(19)20-12-6-5-9-3-1-2-4-11(9)17-14(12)18/h1-4,7-8,12H,5-6,16H2,(H,17,18). The Balaban J connectivity index is 1.74. The molecule has 1 aliphatic rings. The van der Waals surface area contributed by atoms with Crippen molar-refractivity contribution in [2.75, 3.05) is 11.1 Å². The van der Waals surface area contributed by atoms with Gasteiger partial charge in [-0.05, 0) is 35.9 Å². The van der Waals surface area contributed by atoms with Crippen LogP contribution in [0.3, 0.4) is 0 Å². The van der Waals surface area contributed by atoms with Gasteiger partial charge in [-0.15, -0.1) is 11.3 Å². The van der Waals surface area contributed by atoms with Crippen LogP contribution in [0.5, 0.6) is 0 Å². The number of amides is 1. The van der Waals surface area contributed by atoms with Gasteiger partial charge in [0.2, 0.25) is 0 Å². The van der Waals surface area contributed by atoms with Crippen LogP contribution in [0.4, 0.5) is 11.4 Å². The molecule has 5 nitrogen and oxygen atoms in total. The number of fused-ring (bicyclic) bond motifs is 1. The van der Waals surface area contributed by atoms with Crippen LogP contribution in [-0.2, 0) is 16.0 Å². The number of rotatable bonds is 2. The second-order valence-corrected chi connectivity index (χ2v) is 5.70.